The Balaban J connectivity index is 1.08. The maximum Gasteiger partial charge on any atom is 0.149 e. The summed E-state index contributed by atoms with van der Waals surface area (Å²) in [4.78, 5) is 10.9. The molecule has 2 heterocycles. The van der Waals surface area contributed by atoms with Crippen molar-refractivity contribution in [3.05, 3.63) is 253 Å². The summed E-state index contributed by atoms with van der Waals surface area (Å²) >= 11 is 0. The second kappa shape index (κ2) is 20.5. The molecule has 0 amide bonds. The zero-order chi connectivity index (χ0) is 52.7. The number of para-hydroxylation sites is 1. The van der Waals surface area contributed by atoms with E-state index in [1.54, 1.807) is 0 Å². The van der Waals surface area contributed by atoms with Crippen LogP contribution < -0.4 is 0 Å². The van der Waals surface area contributed by atoms with E-state index in [-0.39, 0.29) is 16.6 Å². The fraction of sp³-hybridized carbons (Fsp3) is 0.178. The van der Waals surface area contributed by atoms with Crippen LogP contribution in [0.25, 0.3) is 95.0 Å². The van der Waals surface area contributed by atoms with E-state index in [0.717, 1.165) is 95.6 Å². The standard InChI is InChI=1S/C73H65N3O/c1-72(2,3)61-47-64(53-28-14-8-15-29-53)70(77)65(48-61)71-75-69-62(34-21-35-68(69)76(71)67-37-36-50(40-49-22-18-19-23-49)41-63(67)52-26-12-7-13-27-52)57-42-56(51-24-10-6-11-25-51)43-58(44-57)66-46-55(38-39-74-66)54-30-20-33-60(45-54)73(4,5)59-31-16-9-17-32-59/h6-17,20-21,24-39,41-49,77H,18-19,22-23,40H2,1-5H3. The van der Waals surface area contributed by atoms with Crippen LogP contribution in [0.1, 0.15) is 82.6 Å². The van der Waals surface area contributed by atoms with Crippen molar-refractivity contribution < 1.29 is 5.11 Å². The van der Waals surface area contributed by atoms with Gasteiger partial charge in [0.2, 0.25) is 0 Å². The molecule has 0 atom stereocenters. The van der Waals surface area contributed by atoms with Gasteiger partial charge in [-0.25, -0.2) is 4.98 Å². The predicted molar refractivity (Wildman–Crippen MR) is 322 cm³/mol. The van der Waals surface area contributed by atoms with Crippen LogP contribution in [0.3, 0.4) is 0 Å². The molecule has 77 heavy (non-hydrogen) atoms. The number of phenolic OH excluding ortho intramolecular Hbond substituents is 1. The maximum absolute atomic E-state index is 12.8. The first kappa shape index (κ1) is 49.3. The quantitative estimate of drug-likeness (QED) is 0.133. The first-order valence-electron chi connectivity index (χ1n) is 27.4. The number of hydrogen-bond donors (Lipinski definition) is 1. The Kier molecular flexibility index (Phi) is 13.1. The highest BCUT2D eigenvalue weighted by Crippen LogP contribution is 2.46. The van der Waals surface area contributed by atoms with E-state index >= 15 is 0 Å². The van der Waals surface area contributed by atoms with Gasteiger partial charge in [-0.05, 0) is 140 Å². The van der Waals surface area contributed by atoms with Crippen LogP contribution in [-0.4, -0.2) is 19.6 Å². The largest absolute Gasteiger partial charge is 0.507 e. The van der Waals surface area contributed by atoms with E-state index in [1.165, 1.54) is 42.4 Å². The summed E-state index contributed by atoms with van der Waals surface area (Å²) in [5, 5.41) is 12.8. The molecule has 2 aromatic heterocycles. The lowest BCUT2D eigenvalue weighted by atomic mass is 9.77. The molecule has 0 unspecified atom stereocenters. The topological polar surface area (TPSA) is 50.9 Å². The van der Waals surface area contributed by atoms with Gasteiger partial charge in [-0.15, -0.1) is 0 Å². The maximum atomic E-state index is 12.8. The molecule has 4 nitrogen and oxygen atoms in total. The SMILES string of the molecule is CC(C)(C)c1cc(-c2ccccc2)c(O)c(-c2nc3c(-c4cc(-c5ccccc5)cc(-c5cc(-c6cccc(C(C)(C)c7ccccc7)c6)ccn5)c4)cccc3n2-c2ccc(CC3CCCC3)cc2-c2ccccc2)c1. The van der Waals surface area contributed by atoms with E-state index in [2.05, 4.69) is 245 Å². The Morgan fingerprint density at radius 2 is 1.04 bits per heavy atom. The summed E-state index contributed by atoms with van der Waals surface area (Å²) < 4.78 is 2.32. The van der Waals surface area contributed by atoms with Gasteiger partial charge in [0.25, 0.3) is 0 Å². The first-order valence-corrected chi connectivity index (χ1v) is 27.4. The monoisotopic (exact) mass is 1000 g/mol. The molecule has 0 bridgehead atoms. The molecule has 0 radical (unpaired) electrons. The molecule has 1 saturated carbocycles. The van der Waals surface area contributed by atoms with Gasteiger partial charge in [-0.3, -0.25) is 9.55 Å². The fourth-order valence-corrected chi connectivity index (χ4v) is 11.7. The number of rotatable bonds is 12. The molecule has 0 aliphatic heterocycles. The van der Waals surface area contributed by atoms with Gasteiger partial charge in [-0.1, -0.05) is 224 Å². The normalized spacial score (nSPS) is 13.1. The number of benzene rings is 9. The number of imidazole rings is 1. The van der Waals surface area contributed by atoms with Crippen LogP contribution in [0, 0.1) is 5.92 Å². The summed E-state index contributed by atoms with van der Waals surface area (Å²) in [6.45, 7) is 11.3. The highest BCUT2D eigenvalue weighted by atomic mass is 16.3. The molecular formula is C73H65N3O. The number of fused-ring (bicyclic) bond motifs is 1. The van der Waals surface area contributed by atoms with Crippen molar-refractivity contribution in [1.82, 2.24) is 14.5 Å². The number of hydrogen-bond acceptors (Lipinski definition) is 3. The Bertz CT molecular complexity index is 3900. The lowest BCUT2D eigenvalue weighted by Crippen LogP contribution is -2.18. The minimum atomic E-state index is -0.230. The lowest BCUT2D eigenvalue weighted by Gasteiger charge is -2.26. The molecule has 0 spiro atoms. The summed E-state index contributed by atoms with van der Waals surface area (Å²) in [5.74, 6) is 1.58. The Labute approximate surface area is 454 Å². The highest BCUT2D eigenvalue weighted by Gasteiger charge is 2.28. The molecule has 1 aliphatic rings. The molecule has 4 heteroatoms. The molecule has 378 valence electrons. The predicted octanol–water partition coefficient (Wildman–Crippen LogP) is 19.2. The van der Waals surface area contributed by atoms with E-state index in [0.29, 0.717) is 17.3 Å². The van der Waals surface area contributed by atoms with Crippen LogP contribution in [0.5, 0.6) is 5.75 Å². The van der Waals surface area contributed by atoms with Crippen molar-refractivity contribution in [2.75, 3.05) is 0 Å². The molecule has 1 aliphatic carbocycles. The third-order valence-electron chi connectivity index (χ3n) is 16.2. The van der Waals surface area contributed by atoms with Crippen molar-refractivity contribution in [3.8, 4) is 89.7 Å². The Hall–Kier alpha value is -8.60. The van der Waals surface area contributed by atoms with Gasteiger partial charge >= 0.3 is 0 Å². The summed E-state index contributed by atoms with van der Waals surface area (Å²) in [5.41, 5.74) is 20.4. The minimum Gasteiger partial charge on any atom is -0.507 e. The van der Waals surface area contributed by atoms with E-state index in [9.17, 15) is 5.11 Å². The van der Waals surface area contributed by atoms with Crippen LogP contribution in [0.4, 0.5) is 0 Å². The Morgan fingerprint density at radius 1 is 0.455 bits per heavy atom. The number of pyridine rings is 1. The minimum absolute atomic E-state index is 0.181. The molecule has 11 aromatic rings. The second-order valence-corrected chi connectivity index (χ2v) is 22.7. The summed E-state index contributed by atoms with van der Waals surface area (Å²) in [7, 11) is 0. The van der Waals surface area contributed by atoms with E-state index in [4.69, 9.17) is 9.97 Å². The molecule has 0 saturated heterocycles. The number of aromatic nitrogens is 3. The van der Waals surface area contributed by atoms with Gasteiger partial charge in [0.05, 0.1) is 28.0 Å². The first-order chi connectivity index (χ1) is 37.5. The lowest BCUT2D eigenvalue weighted by molar-refractivity contribution is 0.477. The van der Waals surface area contributed by atoms with Crippen molar-refractivity contribution in [2.45, 2.75) is 77.6 Å². The summed E-state index contributed by atoms with van der Waals surface area (Å²) in [6, 6.07) is 80.5. The molecular weight excluding hydrogens is 935 g/mol. The van der Waals surface area contributed by atoms with Gasteiger partial charge in [0, 0.05) is 33.9 Å². The second-order valence-electron chi connectivity index (χ2n) is 22.7. The van der Waals surface area contributed by atoms with Crippen molar-refractivity contribution >= 4 is 11.0 Å². The van der Waals surface area contributed by atoms with E-state index in [1.807, 2.05) is 24.4 Å². The van der Waals surface area contributed by atoms with Crippen LogP contribution in [0.15, 0.2) is 231 Å². The molecule has 1 N–H and O–H groups in total. The third-order valence-corrected chi connectivity index (χ3v) is 16.2. The van der Waals surface area contributed by atoms with Gasteiger partial charge in [0.1, 0.15) is 11.6 Å². The highest BCUT2D eigenvalue weighted by molar-refractivity contribution is 5.99. The van der Waals surface area contributed by atoms with Crippen molar-refractivity contribution in [1.29, 1.82) is 0 Å². The average Bonchev–Trinajstić information content (AvgIpc) is 4.25. The summed E-state index contributed by atoms with van der Waals surface area (Å²) in [6.07, 6.45) is 8.19. The fourth-order valence-electron chi connectivity index (χ4n) is 11.7. The van der Waals surface area contributed by atoms with Crippen molar-refractivity contribution in [3.63, 3.8) is 0 Å². The third kappa shape index (κ3) is 9.81. The number of phenols is 1. The van der Waals surface area contributed by atoms with Crippen LogP contribution in [-0.2, 0) is 17.3 Å². The van der Waals surface area contributed by atoms with Crippen LogP contribution in [0.2, 0.25) is 0 Å². The zero-order valence-electron chi connectivity index (χ0n) is 44.8. The molecule has 1 fully saturated rings. The van der Waals surface area contributed by atoms with Crippen LogP contribution >= 0.6 is 0 Å². The van der Waals surface area contributed by atoms with E-state index < -0.39 is 0 Å². The van der Waals surface area contributed by atoms with Gasteiger partial charge in [-0.2, -0.15) is 0 Å². The number of nitrogens with zero attached hydrogens (tertiary/aromatic N) is 3. The van der Waals surface area contributed by atoms with Gasteiger partial charge in [0.15, 0.2) is 0 Å². The molecule has 9 aromatic carbocycles. The smallest absolute Gasteiger partial charge is 0.149 e. The number of aromatic hydroxyl groups is 1. The molecule has 12 rings (SSSR count). The van der Waals surface area contributed by atoms with Gasteiger partial charge < -0.3 is 5.11 Å². The van der Waals surface area contributed by atoms with Crippen molar-refractivity contribution in [2.24, 2.45) is 5.92 Å². The Morgan fingerprint density at radius 3 is 1.74 bits per heavy atom. The average molecular weight is 1000 g/mol. The zero-order valence-corrected chi connectivity index (χ0v) is 44.8.